The first-order valence-electron chi connectivity index (χ1n) is 11.9. The van der Waals surface area contributed by atoms with E-state index in [1.54, 1.807) is 6.20 Å². The molecule has 1 aliphatic heterocycles. The number of rotatable bonds is 6. The monoisotopic (exact) mass is 459 g/mol. The van der Waals surface area contributed by atoms with Crippen LogP contribution in [-0.2, 0) is 0 Å². The van der Waals surface area contributed by atoms with E-state index >= 15 is 0 Å². The van der Waals surface area contributed by atoms with Crippen LogP contribution in [0.15, 0.2) is 103 Å². The first-order valence-corrected chi connectivity index (χ1v) is 11.9. The van der Waals surface area contributed by atoms with Crippen LogP contribution in [0.4, 0.5) is 5.69 Å². The summed E-state index contributed by atoms with van der Waals surface area (Å²) in [6.45, 7) is 2.17. The zero-order valence-electron chi connectivity index (χ0n) is 19.3. The quantitative estimate of drug-likeness (QED) is 0.263. The van der Waals surface area contributed by atoms with Crippen LogP contribution < -0.4 is 14.4 Å². The first kappa shape index (κ1) is 21.2. The summed E-state index contributed by atoms with van der Waals surface area (Å²) in [5.74, 6) is 2.70. The number of fused-ring (bicyclic) bond motifs is 1. The van der Waals surface area contributed by atoms with Crippen molar-refractivity contribution in [3.63, 3.8) is 0 Å². The van der Waals surface area contributed by atoms with E-state index in [2.05, 4.69) is 33.1 Å². The molecule has 35 heavy (non-hydrogen) atoms. The second-order valence-corrected chi connectivity index (χ2v) is 8.63. The van der Waals surface area contributed by atoms with E-state index in [4.69, 9.17) is 9.47 Å². The molecule has 0 radical (unpaired) electrons. The molecule has 172 valence electrons. The van der Waals surface area contributed by atoms with Crippen molar-refractivity contribution < 1.29 is 9.47 Å². The molecule has 1 fully saturated rings. The standard InChI is InChI=1S/C30H25N3O2/c1-2-12-28-22(7-1)13-15-32-30(28)23-8-5-9-25(19-23)34-26-10-6-11-27(21-26)35-29-20-24(14-16-31-29)33-17-3-4-18-33/h1-2,5-16,19-21H,3-4,17-18H2. The lowest BCUT2D eigenvalue weighted by Crippen LogP contribution is -2.17. The first-order chi connectivity index (χ1) is 17.3. The molecule has 0 atom stereocenters. The van der Waals surface area contributed by atoms with Gasteiger partial charge in [-0.1, -0.05) is 42.5 Å². The Bertz CT molecular complexity index is 1470. The normalized spacial score (nSPS) is 13.2. The van der Waals surface area contributed by atoms with Gasteiger partial charge < -0.3 is 14.4 Å². The molecule has 0 bridgehead atoms. The summed E-state index contributed by atoms with van der Waals surface area (Å²) in [7, 11) is 0. The summed E-state index contributed by atoms with van der Waals surface area (Å²) in [6, 6.07) is 30.0. The summed E-state index contributed by atoms with van der Waals surface area (Å²) in [6.07, 6.45) is 6.11. The van der Waals surface area contributed by atoms with E-state index in [9.17, 15) is 0 Å². The Morgan fingerprint density at radius 2 is 1.37 bits per heavy atom. The smallest absolute Gasteiger partial charge is 0.221 e. The fourth-order valence-electron chi connectivity index (χ4n) is 4.54. The predicted octanol–water partition coefficient (Wildman–Crippen LogP) is 7.48. The topological polar surface area (TPSA) is 47.5 Å². The largest absolute Gasteiger partial charge is 0.457 e. The van der Waals surface area contributed by atoms with Gasteiger partial charge in [-0.2, -0.15) is 0 Å². The molecular weight excluding hydrogens is 434 g/mol. The molecule has 5 aromatic rings. The molecule has 5 nitrogen and oxygen atoms in total. The third-order valence-corrected chi connectivity index (χ3v) is 6.23. The third-order valence-electron chi connectivity index (χ3n) is 6.23. The van der Waals surface area contributed by atoms with Crippen LogP contribution in [0.5, 0.6) is 23.1 Å². The third kappa shape index (κ3) is 4.66. The zero-order valence-corrected chi connectivity index (χ0v) is 19.3. The van der Waals surface area contributed by atoms with Crippen LogP contribution >= 0.6 is 0 Å². The predicted molar refractivity (Wildman–Crippen MR) is 139 cm³/mol. The molecule has 1 saturated heterocycles. The molecule has 3 aromatic carbocycles. The van der Waals surface area contributed by atoms with E-state index in [1.165, 1.54) is 12.8 Å². The van der Waals surface area contributed by atoms with Crippen molar-refractivity contribution in [3.8, 4) is 34.4 Å². The number of benzene rings is 3. The van der Waals surface area contributed by atoms with Crippen molar-refractivity contribution >= 4 is 16.5 Å². The zero-order chi connectivity index (χ0) is 23.5. The number of pyridine rings is 2. The summed E-state index contributed by atoms with van der Waals surface area (Å²) in [4.78, 5) is 11.4. The average molecular weight is 460 g/mol. The van der Waals surface area contributed by atoms with Crippen molar-refractivity contribution in [1.82, 2.24) is 9.97 Å². The van der Waals surface area contributed by atoms with Gasteiger partial charge in [0.25, 0.3) is 0 Å². The number of anilines is 1. The number of nitrogens with zero attached hydrogens (tertiary/aromatic N) is 3. The highest BCUT2D eigenvalue weighted by molar-refractivity contribution is 5.94. The van der Waals surface area contributed by atoms with Gasteiger partial charge in [-0.3, -0.25) is 4.98 Å². The van der Waals surface area contributed by atoms with E-state index in [-0.39, 0.29) is 0 Å². The van der Waals surface area contributed by atoms with Crippen LogP contribution in [0.2, 0.25) is 0 Å². The molecular formula is C30H25N3O2. The lowest BCUT2D eigenvalue weighted by molar-refractivity contribution is 0.449. The van der Waals surface area contributed by atoms with Crippen molar-refractivity contribution in [3.05, 3.63) is 103 Å². The van der Waals surface area contributed by atoms with Gasteiger partial charge in [-0.25, -0.2) is 4.98 Å². The van der Waals surface area contributed by atoms with E-state index in [0.717, 1.165) is 46.6 Å². The number of ether oxygens (including phenoxy) is 2. The molecule has 5 heteroatoms. The van der Waals surface area contributed by atoms with Gasteiger partial charge in [0.2, 0.25) is 5.88 Å². The highest BCUT2D eigenvalue weighted by atomic mass is 16.5. The van der Waals surface area contributed by atoms with Gasteiger partial charge in [0, 0.05) is 54.3 Å². The summed E-state index contributed by atoms with van der Waals surface area (Å²) >= 11 is 0. The van der Waals surface area contributed by atoms with Crippen LogP contribution in [0.25, 0.3) is 22.0 Å². The van der Waals surface area contributed by atoms with E-state index < -0.39 is 0 Å². The van der Waals surface area contributed by atoms with Crippen molar-refractivity contribution in [2.45, 2.75) is 12.8 Å². The average Bonchev–Trinajstić information content (AvgIpc) is 3.44. The van der Waals surface area contributed by atoms with Gasteiger partial charge in [0.05, 0.1) is 5.69 Å². The molecule has 3 heterocycles. The maximum atomic E-state index is 6.20. The van der Waals surface area contributed by atoms with Crippen molar-refractivity contribution in [1.29, 1.82) is 0 Å². The maximum absolute atomic E-state index is 6.20. The molecule has 0 unspecified atom stereocenters. The Morgan fingerprint density at radius 3 is 2.26 bits per heavy atom. The van der Waals surface area contributed by atoms with Gasteiger partial charge in [-0.05, 0) is 54.6 Å². The van der Waals surface area contributed by atoms with Crippen LogP contribution in [0.1, 0.15) is 12.8 Å². The molecule has 2 aromatic heterocycles. The highest BCUT2D eigenvalue weighted by Crippen LogP contribution is 2.33. The number of aromatic nitrogens is 2. The molecule has 0 N–H and O–H groups in total. The lowest BCUT2D eigenvalue weighted by atomic mass is 10.0. The second kappa shape index (κ2) is 9.47. The minimum atomic E-state index is 0.579. The van der Waals surface area contributed by atoms with Gasteiger partial charge in [0.15, 0.2) is 0 Å². The van der Waals surface area contributed by atoms with Crippen LogP contribution in [0, 0.1) is 0 Å². The van der Waals surface area contributed by atoms with E-state index in [1.807, 2.05) is 79.0 Å². The Morgan fingerprint density at radius 1 is 0.629 bits per heavy atom. The van der Waals surface area contributed by atoms with Crippen LogP contribution in [0.3, 0.4) is 0 Å². The Balaban J connectivity index is 1.22. The molecule has 0 saturated carbocycles. The van der Waals surface area contributed by atoms with Gasteiger partial charge in [-0.15, -0.1) is 0 Å². The molecule has 6 rings (SSSR count). The second-order valence-electron chi connectivity index (χ2n) is 8.63. The van der Waals surface area contributed by atoms with E-state index in [0.29, 0.717) is 17.4 Å². The SMILES string of the molecule is c1cc(Oc2cccc(-c3nccc4ccccc34)c2)cc(Oc2cc(N3CCCC3)ccn2)c1. The Kier molecular flexibility index (Phi) is 5.73. The van der Waals surface area contributed by atoms with Gasteiger partial charge >= 0.3 is 0 Å². The minimum Gasteiger partial charge on any atom is -0.457 e. The summed E-state index contributed by atoms with van der Waals surface area (Å²) in [5.41, 5.74) is 3.10. The van der Waals surface area contributed by atoms with Gasteiger partial charge in [0.1, 0.15) is 17.2 Å². The molecule has 0 aliphatic carbocycles. The number of hydrogen-bond donors (Lipinski definition) is 0. The number of hydrogen-bond acceptors (Lipinski definition) is 5. The van der Waals surface area contributed by atoms with Crippen molar-refractivity contribution in [2.24, 2.45) is 0 Å². The fraction of sp³-hybridized carbons (Fsp3) is 0.133. The van der Waals surface area contributed by atoms with Crippen molar-refractivity contribution in [2.75, 3.05) is 18.0 Å². The summed E-state index contributed by atoms with van der Waals surface area (Å²) in [5, 5.41) is 2.28. The molecule has 0 spiro atoms. The minimum absolute atomic E-state index is 0.579. The highest BCUT2D eigenvalue weighted by Gasteiger charge is 2.13. The molecule has 1 aliphatic rings. The molecule has 0 amide bonds. The fourth-order valence-corrected chi connectivity index (χ4v) is 4.54. The Hall–Kier alpha value is -4.38. The summed E-state index contributed by atoms with van der Waals surface area (Å²) < 4.78 is 12.3. The Labute approximate surface area is 204 Å². The van der Waals surface area contributed by atoms with Crippen LogP contribution in [-0.4, -0.2) is 23.1 Å². The maximum Gasteiger partial charge on any atom is 0.221 e. The lowest BCUT2D eigenvalue weighted by Gasteiger charge is -2.18.